The predicted octanol–water partition coefficient (Wildman–Crippen LogP) is 5.49. The van der Waals surface area contributed by atoms with E-state index in [0.717, 1.165) is 0 Å². The molecule has 5 heteroatoms. The zero-order valence-corrected chi connectivity index (χ0v) is 14.3. The normalized spacial score (nSPS) is 13.0. The fourth-order valence-corrected chi connectivity index (χ4v) is 8.61. The van der Waals surface area contributed by atoms with E-state index in [4.69, 9.17) is 0 Å². The van der Waals surface area contributed by atoms with Crippen molar-refractivity contribution < 1.29 is 0 Å². The van der Waals surface area contributed by atoms with E-state index in [1.165, 1.54) is 22.6 Å². The summed E-state index contributed by atoms with van der Waals surface area (Å²) in [6, 6.07) is 4.70. The first-order valence-corrected chi connectivity index (χ1v) is 11.8. The van der Waals surface area contributed by atoms with Gasteiger partial charge in [0.15, 0.2) is 0 Å². The maximum absolute atomic E-state index is 3.57. The van der Waals surface area contributed by atoms with Crippen molar-refractivity contribution in [2.75, 3.05) is 0 Å². The maximum atomic E-state index is 3.57. The first kappa shape index (κ1) is 11.4. The number of fused-ring (bicyclic) bond motifs is 3. The van der Waals surface area contributed by atoms with Gasteiger partial charge in [-0.1, -0.05) is 19.6 Å². The number of halogens is 1. The molecular weight excluding hydrogens is 336 g/mol. The van der Waals surface area contributed by atoms with Gasteiger partial charge in [0.2, 0.25) is 0 Å². The molecule has 3 aromatic rings. The van der Waals surface area contributed by atoms with Crippen molar-refractivity contribution in [3.8, 4) is 0 Å². The summed E-state index contributed by atoms with van der Waals surface area (Å²) in [5.41, 5.74) is 0. The Kier molecular flexibility index (Phi) is 2.60. The highest BCUT2D eigenvalue weighted by Crippen LogP contribution is 2.43. The van der Waals surface area contributed by atoms with Gasteiger partial charge in [0.05, 0.1) is 19.9 Å². The molecule has 0 unspecified atom stereocenters. The molecule has 0 spiro atoms. The Balaban J connectivity index is 2.32. The molecule has 3 heterocycles. The second kappa shape index (κ2) is 3.65. The van der Waals surface area contributed by atoms with Crippen LogP contribution in [0.4, 0.5) is 0 Å². The van der Waals surface area contributed by atoms with Gasteiger partial charge in [-0.05, 0) is 32.6 Å². The monoisotopic (exact) mass is 346 g/mol. The van der Waals surface area contributed by atoms with Gasteiger partial charge in [-0.25, -0.2) is 0 Å². The number of hydrogen-bond acceptors (Lipinski definition) is 3. The third-order valence-electron chi connectivity index (χ3n) is 2.58. The minimum Gasteiger partial charge on any atom is -0.134 e. The van der Waals surface area contributed by atoms with Crippen LogP contribution in [-0.4, -0.2) is 8.07 Å². The molecule has 84 valence electrons. The number of rotatable bonds is 1. The largest absolute Gasteiger partial charge is 0.134 e. The summed E-state index contributed by atoms with van der Waals surface area (Å²) in [4.78, 5) is 0. The Bertz CT molecular complexity index is 668. The van der Waals surface area contributed by atoms with Gasteiger partial charge in [-0.3, -0.25) is 0 Å². The summed E-state index contributed by atoms with van der Waals surface area (Å²) in [5, 5.41) is 2.92. The van der Waals surface area contributed by atoms with E-state index in [1.54, 1.807) is 4.50 Å². The van der Waals surface area contributed by atoms with Gasteiger partial charge in [-0.15, -0.1) is 34.0 Å². The lowest BCUT2D eigenvalue weighted by atomic mass is 10.3. The van der Waals surface area contributed by atoms with Crippen molar-refractivity contribution in [2.45, 2.75) is 19.6 Å². The molecule has 0 aromatic carbocycles. The van der Waals surface area contributed by atoms with Crippen LogP contribution in [0.2, 0.25) is 19.6 Å². The molecule has 0 saturated carbocycles. The van der Waals surface area contributed by atoms with Gasteiger partial charge in [0, 0.05) is 10.8 Å². The molecule has 0 nitrogen and oxygen atoms in total. The minimum atomic E-state index is -1.14. The third kappa shape index (κ3) is 1.73. The van der Waals surface area contributed by atoms with E-state index in [0.29, 0.717) is 0 Å². The lowest BCUT2D eigenvalue weighted by molar-refractivity contribution is 1.79. The molecule has 0 aliphatic heterocycles. The summed E-state index contributed by atoms with van der Waals surface area (Å²) in [6.45, 7) is 7.26. The van der Waals surface area contributed by atoms with E-state index in [9.17, 15) is 0 Å². The fraction of sp³-hybridized carbons (Fsp3) is 0.273. The van der Waals surface area contributed by atoms with Crippen LogP contribution in [0.5, 0.6) is 0 Å². The first-order valence-electron chi connectivity index (χ1n) is 5.07. The van der Waals surface area contributed by atoms with Gasteiger partial charge in [-0.2, -0.15) is 0 Å². The molecule has 0 fully saturated rings. The fourth-order valence-electron chi connectivity index (χ4n) is 1.70. The van der Waals surface area contributed by atoms with Crippen LogP contribution >= 0.6 is 49.9 Å². The van der Waals surface area contributed by atoms with Crippen LogP contribution in [0.3, 0.4) is 0 Å². The average Bonchev–Trinajstić information content (AvgIpc) is 2.72. The predicted molar refractivity (Wildman–Crippen MR) is 85.8 cm³/mol. The van der Waals surface area contributed by atoms with Crippen LogP contribution in [-0.2, 0) is 0 Å². The molecule has 0 saturated heterocycles. The van der Waals surface area contributed by atoms with E-state index in [-0.39, 0.29) is 0 Å². The van der Waals surface area contributed by atoms with E-state index in [1.807, 2.05) is 34.0 Å². The lowest BCUT2D eigenvalue weighted by Gasteiger charge is -2.11. The van der Waals surface area contributed by atoms with Gasteiger partial charge in [0.25, 0.3) is 0 Å². The molecule has 0 bridgehead atoms. The Morgan fingerprint density at radius 2 is 1.56 bits per heavy atom. The Labute approximate surface area is 116 Å². The minimum absolute atomic E-state index is 1.14. The van der Waals surface area contributed by atoms with Crippen molar-refractivity contribution in [2.24, 2.45) is 0 Å². The van der Waals surface area contributed by atoms with Crippen LogP contribution < -0.4 is 4.50 Å². The number of thiophene rings is 3. The van der Waals surface area contributed by atoms with E-state index in [2.05, 4.69) is 47.7 Å². The van der Waals surface area contributed by atoms with Crippen molar-refractivity contribution in [1.82, 2.24) is 0 Å². The molecule has 0 atom stereocenters. The van der Waals surface area contributed by atoms with Gasteiger partial charge >= 0.3 is 0 Å². The smallest absolute Gasteiger partial charge is 0.0904 e. The molecule has 0 aliphatic rings. The van der Waals surface area contributed by atoms with E-state index >= 15 is 0 Å². The molecule has 16 heavy (non-hydrogen) atoms. The highest BCUT2D eigenvalue weighted by Gasteiger charge is 2.21. The molecule has 0 amide bonds. The van der Waals surface area contributed by atoms with Crippen LogP contribution in [0.15, 0.2) is 15.9 Å². The van der Waals surface area contributed by atoms with Crippen molar-refractivity contribution >= 4 is 81.3 Å². The van der Waals surface area contributed by atoms with Crippen LogP contribution in [0, 0.1) is 0 Å². The van der Waals surface area contributed by atoms with Crippen molar-refractivity contribution in [3.63, 3.8) is 0 Å². The van der Waals surface area contributed by atoms with Crippen LogP contribution in [0.1, 0.15) is 0 Å². The standard InChI is InChI=1S/C11H11BrS3Si/c1-16(2,3)9-5-7-6-4-8(12)13-10(6)15-11(7)14-9/h4-5H,1-3H3. The molecule has 0 aliphatic carbocycles. The Hall–Kier alpha value is 0.317. The maximum Gasteiger partial charge on any atom is 0.0904 e. The molecule has 0 radical (unpaired) electrons. The molecular formula is C11H11BrS3Si. The summed E-state index contributed by atoms with van der Waals surface area (Å²) in [6.07, 6.45) is 0. The lowest BCUT2D eigenvalue weighted by Crippen LogP contribution is -2.34. The highest BCUT2D eigenvalue weighted by molar-refractivity contribution is 9.11. The Morgan fingerprint density at radius 1 is 0.938 bits per heavy atom. The summed E-state index contributed by atoms with van der Waals surface area (Å²) in [7, 11) is -1.14. The van der Waals surface area contributed by atoms with Gasteiger partial charge < -0.3 is 0 Å². The highest BCUT2D eigenvalue weighted by atomic mass is 79.9. The zero-order valence-electron chi connectivity index (χ0n) is 9.26. The molecule has 3 aromatic heterocycles. The summed E-state index contributed by atoms with van der Waals surface area (Å²) in [5.74, 6) is 0. The van der Waals surface area contributed by atoms with Crippen molar-refractivity contribution in [3.05, 3.63) is 15.9 Å². The quantitative estimate of drug-likeness (QED) is 0.511. The average molecular weight is 347 g/mol. The van der Waals surface area contributed by atoms with Crippen LogP contribution in [0.25, 0.3) is 18.8 Å². The van der Waals surface area contributed by atoms with E-state index < -0.39 is 8.07 Å². The Morgan fingerprint density at radius 3 is 2.25 bits per heavy atom. The molecule has 0 N–H and O–H groups in total. The number of hydrogen-bond donors (Lipinski definition) is 0. The topological polar surface area (TPSA) is 0 Å². The second-order valence-electron chi connectivity index (χ2n) is 4.92. The van der Waals surface area contributed by atoms with Gasteiger partial charge in [0.1, 0.15) is 0 Å². The first-order chi connectivity index (χ1) is 7.45. The van der Waals surface area contributed by atoms with Crippen molar-refractivity contribution in [1.29, 1.82) is 0 Å². The SMILES string of the molecule is C[Si](C)(C)c1cc2c(s1)sc1sc(Br)cc12. The summed E-state index contributed by atoms with van der Waals surface area (Å²) < 4.78 is 5.83. The second-order valence-corrected chi connectivity index (χ2v) is 15.3. The molecule has 3 rings (SSSR count). The zero-order chi connectivity index (χ0) is 11.5. The summed E-state index contributed by atoms with van der Waals surface area (Å²) >= 11 is 9.38. The third-order valence-corrected chi connectivity index (χ3v) is 10.3.